The van der Waals surface area contributed by atoms with E-state index in [1.54, 1.807) is 24.3 Å². The fourth-order valence-corrected chi connectivity index (χ4v) is 3.27. The predicted molar refractivity (Wildman–Crippen MR) is 75.6 cm³/mol. The molecule has 2 atom stereocenters. The average molecular weight is 273 g/mol. The Kier molecular flexibility index (Phi) is 3.47. The quantitative estimate of drug-likeness (QED) is 0.796. The van der Waals surface area contributed by atoms with Crippen molar-refractivity contribution in [3.05, 3.63) is 24.3 Å². The lowest BCUT2D eigenvalue weighted by atomic mass is 9.81. The van der Waals surface area contributed by atoms with Gasteiger partial charge in [0.1, 0.15) is 5.75 Å². The first kappa shape index (κ1) is 13.2. The maximum absolute atomic E-state index is 12.4. The van der Waals surface area contributed by atoms with E-state index in [0.717, 1.165) is 31.4 Å². The topological polar surface area (TPSA) is 46.6 Å². The molecule has 0 aromatic heterocycles. The molecule has 3 rings (SSSR count). The summed E-state index contributed by atoms with van der Waals surface area (Å²) in [5, 5.41) is 0. The number of benzene rings is 1. The second-order valence-corrected chi connectivity index (χ2v) is 5.44. The number of carbonyl (C=O) groups is 2. The van der Waals surface area contributed by atoms with Gasteiger partial charge in [0, 0.05) is 0 Å². The van der Waals surface area contributed by atoms with E-state index < -0.39 is 0 Å². The third-order valence-corrected chi connectivity index (χ3v) is 4.25. The van der Waals surface area contributed by atoms with Gasteiger partial charge >= 0.3 is 0 Å². The van der Waals surface area contributed by atoms with Gasteiger partial charge in [0.2, 0.25) is 11.8 Å². The van der Waals surface area contributed by atoms with Crippen LogP contribution >= 0.6 is 0 Å². The maximum atomic E-state index is 12.4. The van der Waals surface area contributed by atoms with Gasteiger partial charge in [0.25, 0.3) is 0 Å². The Hall–Kier alpha value is -1.84. The molecule has 106 valence electrons. The van der Waals surface area contributed by atoms with E-state index >= 15 is 0 Å². The largest absolute Gasteiger partial charge is 0.494 e. The molecule has 1 saturated heterocycles. The van der Waals surface area contributed by atoms with Gasteiger partial charge in [-0.2, -0.15) is 0 Å². The molecule has 1 heterocycles. The molecule has 1 aliphatic carbocycles. The molecule has 2 aliphatic rings. The minimum Gasteiger partial charge on any atom is -0.494 e. The number of carbonyl (C=O) groups excluding carboxylic acids is 2. The van der Waals surface area contributed by atoms with Crippen molar-refractivity contribution in [2.45, 2.75) is 32.6 Å². The van der Waals surface area contributed by atoms with Crippen LogP contribution in [0.25, 0.3) is 0 Å². The Morgan fingerprint density at radius 1 is 1.05 bits per heavy atom. The molecule has 0 radical (unpaired) electrons. The molecule has 20 heavy (non-hydrogen) atoms. The molecule has 0 unspecified atom stereocenters. The zero-order valence-electron chi connectivity index (χ0n) is 11.7. The lowest BCUT2D eigenvalue weighted by Crippen LogP contribution is -2.30. The summed E-state index contributed by atoms with van der Waals surface area (Å²) in [4.78, 5) is 26.2. The van der Waals surface area contributed by atoms with E-state index in [-0.39, 0.29) is 23.7 Å². The van der Waals surface area contributed by atoms with Gasteiger partial charge in [-0.3, -0.25) is 14.5 Å². The van der Waals surface area contributed by atoms with Crippen LogP contribution in [-0.4, -0.2) is 18.4 Å². The standard InChI is InChI=1S/C16H19NO3/c1-2-20-12-9-7-11(8-10-12)17-15(18)13-5-3-4-6-14(13)16(17)19/h7-10,13-14H,2-6H2,1H3/t13-,14+. The summed E-state index contributed by atoms with van der Waals surface area (Å²) in [5.41, 5.74) is 0.665. The highest BCUT2D eigenvalue weighted by molar-refractivity contribution is 6.22. The molecular weight excluding hydrogens is 254 g/mol. The van der Waals surface area contributed by atoms with Gasteiger partial charge in [-0.05, 0) is 44.0 Å². The van der Waals surface area contributed by atoms with Crippen molar-refractivity contribution in [1.82, 2.24) is 0 Å². The Morgan fingerprint density at radius 2 is 1.60 bits per heavy atom. The lowest BCUT2D eigenvalue weighted by Gasteiger charge is -2.19. The Morgan fingerprint density at radius 3 is 2.10 bits per heavy atom. The third kappa shape index (κ3) is 2.09. The average Bonchev–Trinajstić information content (AvgIpc) is 2.73. The third-order valence-electron chi connectivity index (χ3n) is 4.25. The number of imide groups is 1. The molecule has 0 bridgehead atoms. The van der Waals surface area contributed by atoms with Crippen molar-refractivity contribution in [3.63, 3.8) is 0 Å². The molecule has 0 N–H and O–H groups in total. The summed E-state index contributed by atoms with van der Waals surface area (Å²) in [5.74, 6) is 0.520. The SMILES string of the molecule is CCOc1ccc(N2C(=O)[C@H]3CCCC[C@H]3C2=O)cc1. The van der Waals surface area contributed by atoms with Crippen molar-refractivity contribution >= 4 is 17.5 Å². The summed E-state index contributed by atoms with van der Waals surface area (Å²) in [7, 11) is 0. The first-order valence-corrected chi connectivity index (χ1v) is 7.33. The minimum absolute atomic E-state index is 0.0242. The first-order chi connectivity index (χ1) is 9.72. The monoisotopic (exact) mass is 273 g/mol. The molecule has 1 aliphatic heterocycles. The highest BCUT2D eigenvalue weighted by atomic mass is 16.5. The molecule has 4 nitrogen and oxygen atoms in total. The van der Waals surface area contributed by atoms with Crippen molar-refractivity contribution in [2.24, 2.45) is 11.8 Å². The zero-order valence-corrected chi connectivity index (χ0v) is 11.7. The van der Waals surface area contributed by atoms with Gasteiger partial charge in [0.15, 0.2) is 0 Å². The smallest absolute Gasteiger partial charge is 0.237 e. The summed E-state index contributed by atoms with van der Waals surface area (Å²) >= 11 is 0. The van der Waals surface area contributed by atoms with Crippen LogP contribution in [0.1, 0.15) is 32.6 Å². The van der Waals surface area contributed by atoms with Crippen LogP contribution in [0.3, 0.4) is 0 Å². The molecule has 1 aromatic rings. The van der Waals surface area contributed by atoms with E-state index in [2.05, 4.69) is 0 Å². The summed E-state index contributed by atoms with van der Waals surface area (Å²) < 4.78 is 5.38. The Labute approximate surface area is 118 Å². The Bertz CT molecular complexity index is 499. The van der Waals surface area contributed by atoms with Gasteiger partial charge in [-0.25, -0.2) is 0 Å². The molecule has 0 spiro atoms. The van der Waals surface area contributed by atoms with Gasteiger partial charge in [-0.15, -0.1) is 0 Å². The highest BCUT2D eigenvalue weighted by Crippen LogP contribution is 2.40. The number of fused-ring (bicyclic) bond motifs is 1. The van der Waals surface area contributed by atoms with Gasteiger partial charge in [-0.1, -0.05) is 12.8 Å². The van der Waals surface area contributed by atoms with Gasteiger partial charge in [0.05, 0.1) is 24.1 Å². The summed E-state index contributed by atoms with van der Waals surface area (Å²) in [6, 6.07) is 7.19. The number of nitrogens with zero attached hydrogens (tertiary/aromatic N) is 1. The zero-order chi connectivity index (χ0) is 14.1. The molecular formula is C16H19NO3. The lowest BCUT2D eigenvalue weighted by molar-refractivity contribution is -0.122. The van der Waals surface area contributed by atoms with E-state index in [0.29, 0.717) is 12.3 Å². The maximum Gasteiger partial charge on any atom is 0.237 e. The predicted octanol–water partition coefficient (Wildman–Crippen LogP) is 2.76. The van der Waals surface area contributed by atoms with Crippen LogP contribution < -0.4 is 9.64 Å². The van der Waals surface area contributed by atoms with Crippen LogP contribution in [-0.2, 0) is 9.59 Å². The van der Waals surface area contributed by atoms with Crippen molar-refractivity contribution in [2.75, 3.05) is 11.5 Å². The highest BCUT2D eigenvalue weighted by Gasteiger charge is 2.48. The number of anilines is 1. The number of hydrogen-bond donors (Lipinski definition) is 0. The van der Waals surface area contributed by atoms with Crippen LogP contribution in [0.5, 0.6) is 5.75 Å². The van der Waals surface area contributed by atoms with Crippen LogP contribution in [0.15, 0.2) is 24.3 Å². The van der Waals surface area contributed by atoms with Crippen LogP contribution in [0.4, 0.5) is 5.69 Å². The van der Waals surface area contributed by atoms with Crippen molar-refractivity contribution in [1.29, 1.82) is 0 Å². The number of amides is 2. The second kappa shape index (κ2) is 5.27. The summed E-state index contributed by atoms with van der Waals surface area (Å²) in [6.07, 6.45) is 3.81. The number of rotatable bonds is 3. The first-order valence-electron chi connectivity index (χ1n) is 7.33. The van der Waals surface area contributed by atoms with Crippen LogP contribution in [0.2, 0.25) is 0 Å². The Balaban J connectivity index is 1.85. The van der Waals surface area contributed by atoms with Crippen molar-refractivity contribution < 1.29 is 14.3 Å². The van der Waals surface area contributed by atoms with E-state index in [9.17, 15) is 9.59 Å². The van der Waals surface area contributed by atoms with E-state index in [4.69, 9.17) is 4.74 Å². The molecule has 2 amide bonds. The normalized spacial score (nSPS) is 25.8. The molecule has 4 heteroatoms. The van der Waals surface area contributed by atoms with E-state index in [1.807, 2.05) is 6.92 Å². The molecule has 1 saturated carbocycles. The van der Waals surface area contributed by atoms with Crippen molar-refractivity contribution in [3.8, 4) is 5.75 Å². The molecule has 2 fully saturated rings. The molecule has 1 aromatic carbocycles. The number of ether oxygens (including phenoxy) is 1. The minimum atomic E-state index is -0.0946. The van der Waals surface area contributed by atoms with E-state index in [1.165, 1.54) is 4.90 Å². The van der Waals surface area contributed by atoms with Crippen LogP contribution in [0, 0.1) is 11.8 Å². The fourth-order valence-electron chi connectivity index (χ4n) is 3.27. The summed E-state index contributed by atoms with van der Waals surface area (Å²) in [6.45, 7) is 2.52. The second-order valence-electron chi connectivity index (χ2n) is 5.44. The number of hydrogen-bond acceptors (Lipinski definition) is 3. The van der Waals surface area contributed by atoms with Gasteiger partial charge < -0.3 is 4.74 Å². The fraction of sp³-hybridized carbons (Fsp3) is 0.500.